The monoisotopic (exact) mass is 347 g/mol. The fourth-order valence-electron chi connectivity index (χ4n) is 2.73. The summed E-state index contributed by atoms with van der Waals surface area (Å²) in [6.07, 6.45) is 5.45. The van der Waals surface area contributed by atoms with Crippen LogP contribution in [0.5, 0.6) is 0 Å². The third-order valence-electron chi connectivity index (χ3n) is 4.26. The summed E-state index contributed by atoms with van der Waals surface area (Å²) in [5, 5.41) is 3.30. The lowest BCUT2D eigenvalue weighted by atomic mass is 10.1. The quantitative estimate of drug-likeness (QED) is 0.813. The molecule has 2 amide bonds. The van der Waals surface area contributed by atoms with Crippen molar-refractivity contribution in [3.05, 3.63) is 34.9 Å². The predicted molar refractivity (Wildman–Crippen MR) is 94.6 cm³/mol. The highest BCUT2D eigenvalue weighted by Crippen LogP contribution is 2.17. The Morgan fingerprint density at radius 3 is 2.58 bits per heavy atom. The van der Waals surface area contributed by atoms with E-state index in [9.17, 15) is 9.59 Å². The highest BCUT2D eigenvalue weighted by molar-refractivity contribution is 6.31. The molecule has 0 aliphatic carbocycles. The van der Waals surface area contributed by atoms with Crippen molar-refractivity contribution in [1.29, 1.82) is 0 Å². The maximum Gasteiger partial charge on any atom is 0.237 e. The smallest absolute Gasteiger partial charge is 0.237 e. The van der Waals surface area contributed by atoms with Crippen LogP contribution >= 0.6 is 11.6 Å². The lowest BCUT2D eigenvalue weighted by Gasteiger charge is -2.37. The van der Waals surface area contributed by atoms with Crippen LogP contribution in [0.1, 0.15) is 12.5 Å². The topological polar surface area (TPSA) is 52.7 Å². The normalized spacial score (nSPS) is 16.3. The number of halogens is 1. The van der Waals surface area contributed by atoms with Crippen molar-refractivity contribution < 1.29 is 9.59 Å². The Kier molecular flexibility index (Phi) is 6.65. The lowest BCUT2D eigenvalue weighted by molar-refractivity contribution is -0.133. The van der Waals surface area contributed by atoms with Gasteiger partial charge in [0, 0.05) is 31.2 Å². The molecule has 0 spiro atoms. The summed E-state index contributed by atoms with van der Waals surface area (Å²) in [4.78, 5) is 28.3. The summed E-state index contributed by atoms with van der Waals surface area (Å²) in [6, 6.07) is 7.14. The maximum absolute atomic E-state index is 12.4. The minimum absolute atomic E-state index is 0.0622. The zero-order valence-electron chi connectivity index (χ0n) is 13.8. The molecule has 2 rings (SSSR count). The van der Waals surface area contributed by atoms with Crippen molar-refractivity contribution in [2.45, 2.75) is 19.4 Å². The van der Waals surface area contributed by atoms with Gasteiger partial charge in [-0.15, -0.1) is 6.42 Å². The summed E-state index contributed by atoms with van der Waals surface area (Å²) < 4.78 is 0. The Balaban J connectivity index is 1.84. The molecule has 1 atom stereocenters. The maximum atomic E-state index is 12.4. The predicted octanol–water partition coefficient (Wildman–Crippen LogP) is 1.16. The molecule has 1 aromatic rings. The molecule has 0 saturated carbocycles. The van der Waals surface area contributed by atoms with Crippen molar-refractivity contribution in [3.63, 3.8) is 0 Å². The Morgan fingerprint density at radius 1 is 1.29 bits per heavy atom. The highest BCUT2D eigenvalue weighted by Gasteiger charge is 2.27. The van der Waals surface area contributed by atoms with Gasteiger partial charge < -0.3 is 10.2 Å². The van der Waals surface area contributed by atoms with Crippen LogP contribution in [-0.2, 0) is 16.0 Å². The standard InChI is InChI=1S/C18H22ClN3O2/c1-3-8-20-18(24)14(2)21-9-11-22(12-10-21)17(23)13-15-6-4-5-7-16(15)19/h1,4-7,14H,8-13H2,2H3,(H,20,24). The summed E-state index contributed by atoms with van der Waals surface area (Å²) in [6.45, 7) is 4.64. The van der Waals surface area contributed by atoms with E-state index in [-0.39, 0.29) is 24.4 Å². The van der Waals surface area contributed by atoms with Crippen molar-refractivity contribution in [3.8, 4) is 12.3 Å². The zero-order chi connectivity index (χ0) is 17.5. The van der Waals surface area contributed by atoms with Gasteiger partial charge in [-0.2, -0.15) is 0 Å². The van der Waals surface area contributed by atoms with E-state index in [1.54, 1.807) is 6.07 Å². The van der Waals surface area contributed by atoms with Gasteiger partial charge in [-0.3, -0.25) is 14.5 Å². The van der Waals surface area contributed by atoms with Crippen LogP contribution in [-0.4, -0.2) is 60.4 Å². The number of hydrogen-bond donors (Lipinski definition) is 1. The van der Waals surface area contributed by atoms with Crippen LogP contribution < -0.4 is 5.32 Å². The van der Waals surface area contributed by atoms with Crippen LogP contribution in [0.25, 0.3) is 0 Å². The molecule has 24 heavy (non-hydrogen) atoms. The molecular formula is C18H22ClN3O2. The molecule has 1 unspecified atom stereocenters. The van der Waals surface area contributed by atoms with Gasteiger partial charge in [0.15, 0.2) is 0 Å². The summed E-state index contributed by atoms with van der Waals surface area (Å²) in [7, 11) is 0. The Bertz CT molecular complexity index is 633. The Labute approximate surface area is 147 Å². The number of terminal acetylenes is 1. The van der Waals surface area contributed by atoms with Crippen LogP contribution in [0.2, 0.25) is 5.02 Å². The number of rotatable bonds is 5. The van der Waals surface area contributed by atoms with E-state index in [4.69, 9.17) is 18.0 Å². The van der Waals surface area contributed by atoms with E-state index in [1.165, 1.54) is 0 Å². The molecule has 5 nitrogen and oxygen atoms in total. The second kappa shape index (κ2) is 8.72. The van der Waals surface area contributed by atoms with Gasteiger partial charge >= 0.3 is 0 Å². The largest absolute Gasteiger partial charge is 0.344 e. The molecule has 1 fully saturated rings. The molecule has 1 saturated heterocycles. The number of piperazine rings is 1. The first-order chi connectivity index (χ1) is 11.5. The molecule has 1 aliphatic heterocycles. The van der Waals surface area contributed by atoms with Crippen LogP contribution in [0, 0.1) is 12.3 Å². The Hall–Kier alpha value is -2.03. The van der Waals surface area contributed by atoms with Gasteiger partial charge in [0.1, 0.15) is 0 Å². The summed E-state index contributed by atoms with van der Waals surface area (Å²) in [5.74, 6) is 2.37. The molecule has 128 valence electrons. The van der Waals surface area contributed by atoms with Crippen LogP contribution in [0.3, 0.4) is 0 Å². The third-order valence-corrected chi connectivity index (χ3v) is 4.63. The SMILES string of the molecule is C#CCNC(=O)C(C)N1CCN(C(=O)Cc2ccccc2Cl)CC1. The van der Waals surface area contributed by atoms with Gasteiger partial charge in [0.2, 0.25) is 11.8 Å². The molecule has 1 aliphatic rings. The third kappa shape index (κ3) is 4.73. The first-order valence-corrected chi connectivity index (χ1v) is 8.37. The van der Waals surface area contributed by atoms with E-state index in [0.29, 0.717) is 37.6 Å². The average Bonchev–Trinajstić information content (AvgIpc) is 2.61. The van der Waals surface area contributed by atoms with Crippen LogP contribution in [0.4, 0.5) is 0 Å². The number of hydrogen-bond acceptors (Lipinski definition) is 3. The lowest BCUT2D eigenvalue weighted by Crippen LogP contribution is -2.55. The number of carbonyl (C=O) groups excluding carboxylic acids is 2. The molecule has 1 N–H and O–H groups in total. The van der Waals surface area contributed by atoms with Gasteiger partial charge in [-0.05, 0) is 18.6 Å². The first kappa shape index (κ1) is 18.3. The second-order valence-electron chi connectivity index (χ2n) is 5.78. The number of nitrogens with zero attached hydrogens (tertiary/aromatic N) is 2. The molecule has 0 bridgehead atoms. The first-order valence-electron chi connectivity index (χ1n) is 7.99. The van der Waals surface area contributed by atoms with Gasteiger partial charge in [-0.1, -0.05) is 35.7 Å². The van der Waals surface area contributed by atoms with E-state index < -0.39 is 0 Å². The summed E-state index contributed by atoms with van der Waals surface area (Å²) >= 11 is 6.11. The number of amides is 2. The van der Waals surface area contributed by atoms with Crippen LogP contribution in [0.15, 0.2) is 24.3 Å². The average molecular weight is 348 g/mol. The fraction of sp³-hybridized carbons (Fsp3) is 0.444. The van der Waals surface area contributed by atoms with E-state index >= 15 is 0 Å². The second-order valence-corrected chi connectivity index (χ2v) is 6.19. The highest BCUT2D eigenvalue weighted by atomic mass is 35.5. The molecule has 0 radical (unpaired) electrons. The molecular weight excluding hydrogens is 326 g/mol. The minimum Gasteiger partial charge on any atom is -0.344 e. The molecule has 1 heterocycles. The summed E-state index contributed by atoms with van der Waals surface area (Å²) in [5.41, 5.74) is 0.841. The zero-order valence-corrected chi connectivity index (χ0v) is 14.6. The number of carbonyl (C=O) groups is 2. The number of nitrogens with one attached hydrogen (secondary N) is 1. The number of benzene rings is 1. The van der Waals surface area contributed by atoms with Gasteiger partial charge in [-0.25, -0.2) is 0 Å². The van der Waals surface area contributed by atoms with Gasteiger partial charge in [0.25, 0.3) is 0 Å². The van der Waals surface area contributed by atoms with E-state index in [1.807, 2.05) is 30.0 Å². The van der Waals surface area contributed by atoms with Crippen molar-refractivity contribution in [1.82, 2.24) is 15.1 Å². The Morgan fingerprint density at radius 2 is 1.96 bits per heavy atom. The molecule has 1 aromatic carbocycles. The van der Waals surface area contributed by atoms with E-state index in [2.05, 4.69) is 16.1 Å². The van der Waals surface area contributed by atoms with Crippen molar-refractivity contribution in [2.75, 3.05) is 32.7 Å². The van der Waals surface area contributed by atoms with Crippen molar-refractivity contribution >= 4 is 23.4 Å². The minimum atomic E-state index is -0.251. The molecule has 0 aromatic heterocycles. The van der Waals surface area contributed by atoms with Gasteiger partial charge in [0.05, 0.1) is 19.0 Å². The van der Waals surface area contributed by atoms with E-state index in [0.717, 1.165) is 5.56 Å². The fourth-order valence-corrected chi connectivity index (χ4v) is 2.93. The molecule has 6 heteroatoms. The van der Waals surface area contributed by atoms with Crippen molar-refractivity contribution in [2.24, 2.45) is 0 Å².